The molecule has 1 aliphatic rings. The Balaban J connectivity index is 1.68. The van der Waals surface area contributed by atoms with Crippen LogP contribution in [0.25, 0.3) is 0 Å². The van der Waals surface area contributed by atoms with Gasteiger partial charge in [-0.25, -0.2) is 4.79 Å². The van der Waals surface area contributed by atoms with Crippen LogP contribution in [0.5, 0.6) is 0 Å². The molecule has 0 bridgehead atoms. The van der Waals surface area contributed by atoms with Crippen molar-refractivity contribution in [2.24, 2.45) is 0 Å². The fourth-order valence-corrected chi connectivity index (χ4v) is 4.96. The molecule has 168 valence electrons. The number of aromatic nitrogens is 2. The molecule has 1 amide bonds. The molecule has 0 saturated heterocycles. The van der Waals surface area contributed by atoms with Crippen LogP contribution < -0.4 is 11.0 Å². The van der Waals surface area contributed by atoms with E-state index in [1.807, 2.05) is 4.57 Å². The van der Waals surface area contributed by atoms with Crippen molar-refractivity contribution in [1.82, 2.24) is 14.5 Å². The van der Waals surface area contributed by atoms with E-state index in [4.69, 9.17) is 11.6 Å². The van der Waals surface area contributed by atoms with Crippen LogP contribution >= 0.6 is 23.4 Å². The van der Waals surface area contributed by atoms with Gasteiger partial charge in [0, 0.05) is 28.5 Å². The molecule has 1 aromatic carbocycles. The summed E-state index contributed by atoms with van der Waals surface area (Å²) in [6, 6.07) is 7.01. The summed E-state index contributed by atoms with van der Waals surface area (Å²) < 4.78 is 1.87. The minimum atomic E-state index is -0.194. The first kappa shape index (κ1) is 23.8. The lowest BCUT2D eigenvalue weighted by Gasteiger charge is -2.23. The molecule has 6 nitrogen and oxygen atoms in total. The second-order valence-electron chi connectivity index (χ2n) is 7.71. The normalized spacial score (nSPS) is 13.3. The van der Waals surface area contributed by atoms with Gasteiger partial charge in [-0.2, -0.15) is 4.98 Å². The number of hydrogen-bond acceptors (Lipinski definition) is 5. The third kappa shape index (κ3) is 6.57. The molecule has 0 aliphatic heterocycles. The van der Waals surface area contributed by atoms with Crippen molar-refractivity contribution in [3.63, 3.8) is 0 Å². The van der Waals surface area contributed by atoms with Crippen molar-refractivity contribution in [2.75, 3.05) is 30.7 Å². The third-order valence-electron chi connectivity index (χ3n) is 5.67. The number of nitrogens with one attached hydrogen (secondary N) is 1. The number of fused-ring (bicyclic) bond motifs is 1. The molecule has 0 atom stereocenters. The molecule has 0 spiro atoms. The van der Waals surface area contributed by atoms with E-state index in [0.717, 1.165) is 63.0 Å². The molecule has 31 heavy (non-hydrogen) atoms. The van der Waals surface area contributed by atoms with Gasteiger partial charge in [-0.1, -0.05) is 37.2 Å². The quantitative estimate of drug-likeness (QED) is 0.422. The maximum atomic E-state index is 12.8. The summed E-state index contributed by atoms with van der Waals surface area (Å²) in [5.41, 5.74) is 2.78. The fraction of sp³-hybridized carbons (Fsp3) is 0.522. The van der Waals surface area contributed by atoms with Gasteiger partial charge in [0.05, 0.1) is 5.75 Å². The van der Waals surface area contributed by atoms with Crippen LogP contribution in [-0.2, 0) is 24.2 Å². The summed E-state index contributed by atoms with van der Waals surface area (Å²) in [5, 5.41) is 4.20. The third-order valence-corrected chi connectivity index (χ3v) is 6.94. The number of anilines is 1. The van der Waals surface area contributed by atoms with Crippen molar-refractivity contribution in [3.05, 3.63) is 51.0 Å². The maximum Gasteiger partial charge on any atom is 0.348 e. The SMILES string of the molecule is CCN(CC)CCCn1c2c(c(SCC(=O)Nc3ccc(Cl)cc3)nc1=O)CCCC2. The lowest BCUT2D eigenvalue weighted by atomic mass is 9.97. The molecule has 1 N–H and O–H groups in total. The Morgan fingerprint density at radius 3 is 2.61 bits per heavy atom. The van der Waals surface area contributed by atoms with Crippen LogP contribution in [0.2, 0.25) is 5.02 Å². The number of thioether (sulfide) groups is 1. The second kappa shape index (κ2) is 11.7. The predicted molar refractivity (Wildman–Crippen MR) is 128 cm³/mol. The van der Waals surface area contributed by atoms with Crippen molar-refractivity contribution >= 4 is 35.0 Å². The monoisotopic (exact) mass is 462 g/mol. The summed E-state index contributed by atoms with van der Waals surface area (Å²) in [7, 11) is 0. The molecule has 0 saturated carbocycles. The largest absolute Gasteiger partial charge is 0.348 e. The number of carbonyl (C=O) groups is 1. The van der Waals surface area contributed by atoms with Crippen LogP contribution in [-0.4, -0.2) is 45.7 Å². The van der Waals surface area contributed by atoms with Gasteiger partial charge in [0.25, 0.3) is 0 Å². The zero-order valence-electron chi connectivity index (χ0n) is 18.3. The first-order chi connectivity index (χ1) is 15.0. The van der Waals surface area contributed by atoms with Gasteiger partial charge >= 0.3 is 5.69 Å². The van der Waals surface area contributed by atoms with E-state index in [2.05, 4.69) is 29.0 Å². The van der Waals surface area contributed by atoms with Gasteiger partial charge in [-0.15, -0.1) is 0 Å². The van der Waals surface area contributed by atoms with Gasteiger partial charge in [0.15, 0.2) is 0 Å². The number of carbonyl (C=O) groups excluding carboxylic acids is 1. The van der Waals surface area contributed by atoms with Crippen LogP contribution in [0, 0.1) is 0 Å². The van der Waals surface area contributed by atoms with Crippen molar-refractivity contribution in [2.45, 2.75) is 57.5 Å². The molecular formula is C23H31ClN4O2S. The lowest BCUT2D eigenvalue weighted by Crippen LogP contribution is -2.32. The van der Waals surface area contributed by atoms with Crippen LogP contribution in [0.3, 0.4) is 0 Å². The molecule has 1 heterocycles. The number of halogens is 1. The zero-order chi connectivity index (χ0) is 22.2. The van der Waals surface area contributed by atoms with Crippen molar-refractivity contribution in [3.8, 4) is 0 Å². The van der Waals surface area contributed by atoms with Gasteiger partial charge in [-0.3, -0.25) is 9.36 Å². The highest BCUT2D eigenvalue weighted by Gasteiger charge is 2.21. The topological polar surface area (TPSA) is 67.2 Å². The van der Waals surface area contributed by atoms with Gasteiger partial charge in [0.1, 0.15) is 5.03 Å². The Morgan fingerprint density at radius 2 is 1.90 bits per heavy atom. The van der Waals surface area contributed by atoms with Gasteiger partial charge in [0.2, 0.25) is 5.91 Å². The fourth-order valence-electron chi connectivity index (χ4n) is 3.95. The van der Waals surface area contributed by atoms with Crippen molar-refractivity contribution in [1.29, 1.82) is 0 Å². The second-order valence-corrected chi connectivity index (χ2v) is 9.11. The average molecular weight is 463 g/mol. The van der Waals surface area contributed by atoms with E-state index in [9.17, 15) is 9.59 Å². The van der Waals surface area contributed by atoms with Crippen molar-refractivity contribution < 1.29 is 4.79 Å². The van der Waals surface area contributed by atoms with Crippen LogP contribution in [0.15, 0.2) is 34.1 Å². The summed E-state index contributed by atoms with van der Waals surface area (Å²) in [5.74, 6) is 0.0927. The van der Waals surface area contributed by atoms with Gasteiger partial charge in [-0.05, 0) is 76.0 Å². The predicted octanol–water partition coefficient (Wildman–Crippen LogP) is 4.24. The molecule has 0 fully saturated rings. The highest BCUT2D eigenvalue weighted by Crippen LogP contribution is 2.28. The van der Waals surface area contributed by atoms with E-state index < -0.39 is 0 Å². The number of nitrogens with zero attached hydrogens (tertiary/aromatic N) is 3. The average Bonchev–Trinajstić information content (AvgIpc) is 2.78. The van der Waals surface area contributed by atoms with E-state index >= 15 is 0 Å². The molecule has 1 aliphatic carbocycles. The maximum absolute atomic E-state index is 12.8. The zero-order valence-corrected chi connectivity index (χ0v) is 19.9. The summed E-state index contributed by atoms with van der Waals surface area (Å²) in [4.78, 5) is 31.9. The van der Waals surface area contributed by atoms with E-state index in [0.29, 0.717) is 22.3 Å². The first-order valence-electron chi connectivity index (χ1n) is 11.0. The minimum Gasteiger partial charge on any atom is -0.325 e. The Labute approximate surface area is 193 Å². The lowest BCUT2D eigenvalue weighted by molar-refractivity contribution is -0.113. The van der Waals surface area contributed by atoms with E-state index in [-0.39, 0.29) is 17.3 Å². The standard InChI is InChI=1S/C23H31ClN4O2S/c1-3-27(4-2)14-7-15-28-20-9-6-5-8-19(20)22(26-23(28)30)31-16-21(29)25-18-12-10-17(24)11-13-18/h10-13H,3-9,14-16H2,1-2H3,(H,25,29). The number of hydrogen-bond donors (Lipinski definition) is 1. The molecule has 0 radical (unpaired) electrons. The molecule has 8 heteroatoms. The van der Waals surface area contributed by atoms with Crippen LogP contribution in [0.1, 0.15) is 44.4 Å². The Hall–Kier alpha value is -1.83. The highest BCUT2D eigenvalue weighted by atomic mass is 35.5. The smallest absolute Gasteiger partial charge is 0.325 e. The minimum absolute atomic E-state index is 0.123. The van der Waals surface area contributed by atoms with E-state index in [1.165, 1.54) is 11.8 Å². The Kier molecular flexibility index (Phi) is 8.99. The van der Waals surface area contributed by atoms with Gasteiger partial charge < -0.3 is 10.2 Å². The number of rotatable bonds is 10. The summed E-state index contributed by atoms with van der Waals surface area (Å²) in [6.07, 6.45) is 4.94. The Morgan fingerprint density at radius 1 is 1.19 bits per heavy atom. The summed E-state index contributed by atoms with van der Waals surface area (Å²) in [6.45, 7) is 8.05. The highest BCUT2D eigenvalue weighted by molar-refractivity contribution is 8.00. The van der Waals surface area contributed by atoms with Crippen LogP contribution in [0.4, 0.5) is 5.69 Å². The molecule has 0 unspecified atom stereocenters. The molecule has 1 aromatic heterocycles. The first-order valence-corrected chi connectivity index (χ1v) is 12.4. The molecule has 2 aromatic rings. The number of amides is 1. The molecular weight excluding hydrogens is 432 g/mol. The summed E-state index contributed by atoms with van der Waals surface area (Å²) >= 11 is 7.24. The van der Waals surface area contributed by atoms with E-state index in [1.54, 1.807) is 24.3 Å². The molecule has 3 rings (SSSR count). The Bertz CT molecular complexity index is 942. The number of benzene rings is 1.